The third-order valence-corrected chi connectivity index (χ3v) is 4.73. The fourth-order valence-corrected chi connectivity index (χ4v) is 3.27. The number of nitrogens with two attached hydrogens (primary N) is 1. The molecule has 1 aliphatic carbocycles. The number of hydrogen-bond acceptors (Lipinski definition) is 4. The first kappa shape index (κ1) is 18.9. The molecule has 0 aliphatic heterocycles. The predicted molar refractivity (Wildman–Crippen MR) is 88.5 cm³/mol. The van der Waals surface area contributed by atoms with Gasteiger partial charge in [0.05, 0.1) is 13.2 Å². The molecule has 3 unspecified atom stereocenters. The van der Waals surface area contributed by atoms with Crippen molar-refractivity contribution in [2.24, 2.45) is 17.6 Å². The topological polar surface area (TPSA) is 47.7 Å². The molecular formula is C17H36N2O2. The van der Waals surface area contributed by atoms with Crippen LogP contribution in [0.3, 0.4) is 0 Å². The van der Waals surface area contributed by atoms with Crippen molar-refractivity contribution in [3.05, 3.63) is 0 Å². The van der Waals surface area contributed by atoms with Crippen molar-refractivity contribution >= 4 is 0 Å². The zero-order valence-electron chi connectivity index (χ0n) is 14.4. The van der Waals surface area contributed by atoms with Crippen LogP contribution in [-0.4, -0.2) is 57.0 Å². The maximum Gasteiger partial charge on any atom is 0.0593 e. The second kappa shape index (κ2) is 11.4. The molecule has 4 heteroatoms. The molecule has 1 aliphatic rings. The van der Waals surface area contributed by atoms with Crippen LogP contribution in [0.25, 0.3) is 0 Å². The highest BCUT2D eigenvalue weighted by molar-refractivity contribution is 4.84. The Bertz CT molecular complexity index is 241. The minimum Gasteiger partial charge on any atom is -0.380 e. The molecule has 0 spiro atoms. The van der Waals surface area contributed by atoms with Crippen molar-refractivity contribution in [2.75, 3.05) is 46.1 Å². The van der Waals surface area contributed by atoms with E-state index in [2.05, 4.69) is 11.8 Å². The minimum absolute atomic E-state index is 0.370. The van der Waals surface area contributed by atoms with Crippen molar-refractivity contribution in [2.45, 2.75) is 52.5 Å². The normalized spacial score (nSPS) is 26.4. The van der Waals surface area contributed by atoms with Gasteiger partial charge < -0.3 is 15.2 Å². The molecule has 0 radical (unpaired) electrons. The van der Waals surface area contributed by atoms with E-state index >= 15 is 0 Å². The summed E-state index contributed by atoms with van der Waals surface area (Å²) in [5.74, 6) is 1.50. The second-order valence-electron chi connectivity index (χ2n) is 6.21. The van der Waals surface area contributed by atoms with Gasteiger partial charge in [-0.05, 0) is 44.9 Å². The summed E-state index contributed by atoms with van der Waals surface area (Å²) >= 11 is 0. The van der Waals surface area contributed by atoms with Crippen molar-refractivity contribution in [3.63, 3.8) is 0 Å². The average molecular weight is 300 g/mol. The molecule has 2 N–H and O–H groups in total. The van der Waals surface area contributed by atoms with Crippen molar-refractivity contribution in [1.29, 1.82) is 0 Å². The molecule has 0 bridgehead atoms. The molecule has 3 atom stereocenters. The monoisotopic (exact) mass is 300 g/mol. The standard InChI is InChI=1S/C17H36N2O2/c1-4-15-7-8-17(18)16(13-15)14-19(9-11-20-5-2)10-12-21-6-3/h15-17H,4-14,18H2,1-3H3. The summed E-state index contributed by atoms with van der Waals surface area (Å²) < 4.78 is 11.0. The van der Waals surface area contributed by atoms with E-state index in [4.69, 9.17) is 15.2 Å². The van der Waals surface area contributed by atoms with Gasteiger partial charge in [-0.25, -0.2) is 0 Å². The number of hydrogen-bond donors (Lipinski definition) is 1. The molecule has 126 valence electrons. The Morgan fingerprint density at radius 1 is 1.00 bits per heavy atom. The van der Waals surface area contributed by atoms with E-state index in [1.165, 1.54) is 25.7 Å². The lowest BCUT2D eigenvalue weighted by Gasteiger charge is -2.37. The zero-order chi connectivity index (χ0) is 15.5. The van der Waals surface area contributed by atoms with Gasteiger partial charge in [0.1, 0.15) is 0 Å². The fraction of sp³-hybridized carbons (Fsp3) is 1.00. The van der Waals surface area contributed by atoms with E-state index < -0.39 is 0 Å². The van der Waals surface area contributed by atoms with Gasteiger partial charge in [-0.3, -0.25) is 4.90 Å². The van der Waals surface area contributed by atoms with Gasteiger partial charge in [0, 0.05) is 38.9 Å². The summed E-state index contributed by atoms with van der Waals surface area (Å²) in [6, 6.07) is 0.370. The second-order valence-corrected chi connectivity index (χ2v) is 6.21. The van der Waals surface area contributed by atoms with Gasteiger partial charge >= 0.3 is 0 Å². The SMILES string of the molecule is CCOCCN(CCOCC)CC1CC(CC)CCC1N. The maximum absolute atomic E-state index is 6.36. The molecule has 1 saturated carbocycles. The first-order chi connectivity index (χ1) is 10.2. The number of nitrogens with zero attached hydrogens (tertiary/aromatic N) is 1. The molecule has 0 aromatic carbocycles. The molecule has 0 aromatic rings. The highest BCUT2D eigenvalue weighted by Crippen LogP contribution is 2.30. The van der Waals surface area contributed by atoms with E-state index in [0.29, 0.717) is 12.0 Å². The lowest BCUT2D eigenvalue weighted by Crippen LogP contribution is -2.44. The Kier molecular flexibility index (Phi) is 10.3. The first-order valence-electron chi connectivity index (χ1n) is 8.84. The summed E-state index contributed by atoms with van der Waals surface area (Å²) in [6.07, 6.45) is 5.08. The molecule has 0 saturated heterocycles. The van der Waals surface area contributed by atoms with Crippen LogP contribution in [0.4, 0.5) is 0 Å². The van der Waals surface area contributed by atoms with Gasteiger partial charge in [-0.2, -0.15) is 0 Å². The zero-order valence-corrected chi connectivity index (χ0v) is 14.4. The highest BCUT2D eigenvalue weighted by atomic mass is 16.5. The van der Waals surface area contributed by atoms with E-state index in [9.17, 15) is 0 Å². The molecular weight excluding hydrogens is 264 g/mol. The van der Waals surface area contributed by atoms with E-state index in [1.807, 2.05) is 13.8 Å². The summed E-state index contributed by atoms with van der Waals surface area (Å²) in [4.78, 5) is 2.48. The molecule has 1 fully saturated rings. The smallest absolute Gasteiger partial charge is 0.0593 e. The van der Waals surface area contributed by atoms with E-state index in [0.717, 1.165) is 52.0 Å². The van der Waals surface area contributed by atoms with Gasteiger partial charge in [0.2, 0.25) is 0 Å². The molecule has 1 rings (SSSR count). The van der Waals surface area contributed by atoms with Crippen molar-refractivity contribution < 1.29 is 9.47 Å². The third kappa shape index (κ3) is 7.59. The maximum atomic E-state index is 6.36. The van der Waals surface area contributed by atoms with E-state index in [-0.39, 0.29) is 0 Å². The minimum atomic E-state index is 0.370. The summed E-state index contributed by atoms with van der Waals surface area (Å²) in [7, 11) is 0. The Balaban J connectivity index is 2.43. The molecule has 4 nitrogen and oxygen atoms in total. The van der Waals surface area contributed by atoms with Crippen molar-refractivity contribution in [1.82, 2.24) is 4.90 Å². The van der Waals surface area contributed by atoms with Crippen LogP contribution in [0, 0.1) is 11.8 Å². The van der Waals surface area contributed by atoms with Crippen LogP contribution in [0.1, 0.15) is 46.5 Å². The molecule has 0 heterocycles. The summed E-state index contributed by atoms with van der Waals surface area (Å²) in [5.41, 5.74) is 6.36. The molecule has 21 heavy (non-hydrogen) atoms. The fourth-order valence-electron chi connectivity index (χ4n) is 3.27. The number of ether oxygens (including phenoxy) is 2. The lowest BCUT2D eigenvalue weighted by molar-refractivity contribution is 0.0656. The predicted octanol–water partition coefficient (Wildman–Crippen LogP) is 2.51. The highest BCUT2D eigenvalue weighted by Gasteiger charge is 2.28. The Morgan fingerprint density at radius 2 is 1.62 bits per heavy atom. The quantitative estimate of drug-likeness (QED) is 0.596. The summed E-state index contributed by atoms with van der Waals surface area (Å²) in [5, 5.41) is 0. The van der Waals surface area contributed by atoms with Crippen molar-refractivity contribution in [3.8, 4) is 0 Å². The third-order valence-electron chi connectivity index (χ3n) is 4.73. The van der Waals surface area contributed by atoms with Crippen LogP contribution < -0.4 is 5.73 Å². The van der Waals surface area contributed by atoms with Crippen LogP contribution in [-0.2, 0) is 9.47 Å². The Hall–Kier alpha value is -0.160. The first-order valence-corrected chi connectivity index (χ1v) is 8.84. The van der Waals surface area contributed by atoms with Gasteiger partial charge in [0.15, 0.2) is 0 Å². The van der Waals surface area contributed by atoms with Crippen LogP contribution in [0.15, 0.2) is 0 Å². The molecule has 0 aromatic heterocycles. The summed E-state index contributed by atoms with van der Waals surface area (Å²) in [6.45, 7) is 12.7. The average Bonchev–Trinajstić information content (AvgIpc) is 2.49. The van der Waals surface area contributed by atoms with E-state index in [1.54, 1.807) is 0 Å². The van der Waals surface area contributed by atoms with Crippen LogP contribution in [0.5, 0.6) is 0 Å². The van der Waals surface area contributed by atoms with Crippen LogP contribution in [0.2, 0.25) is 0 Å². The largest absolute Gasteiger partial charge is 0.380 e. The Morgan fingerprint density at radius 3 is 2.14 bits per heavy atom. The number of rotatable bonds is 11. The Labute approximate surface area is 131 Å². The van der Waals surface area contributed by atoms with Gasteiger partial charge in [0.25, 0.3) is 0 Å². The lowest BCUT2D eigenvalue weighted by atomic mass is 9.77. The van der Waals surface area contributed by atoms with Crippen LogP contribution >= 0.6 is 0 Å². The van der Waals surface area contributed by atoms with Gasteiger partial charge in [-0.1, -0.05) is 13.3 Å². The molecule has 0 amide bonds. The van der Waals surface area contributed by atoms with Gasteiger partial charge in [-0.15, -0.1) is 0 Å².